The van der Waals surface area contributed by atoms with E-state index in [0.29, 0.717) is 12.5 Å². The van der Waals surface area contributed by atoms with Crippen molar-refractivity contribution in [3.05, 3.63) is 0 Å². The van der Waals surface area contributed by atoms with E-state index >= 15 is 0 Å². The Morgan fingerprint density at radius 2 is 1.94 bits per heavy atom. The fourth-order valence-electron chi connectivity index (χ4n) is 4.05. The van der Waals surface area contributed by atoms with Crippen LogP contribution in [0.3, 0.4) is 0 Å². The second kappa shape index (κ2) is 4.19. The van der Waals surface area contributed by atoms with Gasteiger partial charge in [0.25, 0.3) is 0 Å². The van der Waals surface area contributed by atoms with E-state index in [1.807, 2.05) is 13.8 Å². The molecule has 0 spiro atoms. The van der Waals surface area contributed by atoms with Gasteiger partial charge in [-0.1, -0.05) is 27.7 Å². The van der Waals surface area contributed by atoms with Gasteiger partial charge in [-0.3, -0.25) is 0 Å². The third kappa shape index (κ3) is 1.83. The maximum absolute atomic E-state index is 10.6. The molecule has 3 N–H and O–H groups in total. The summed E-state index contributed by atoms with van der Waals surface area (Å²) in [5.74, 6) is 0.519. The minimum atomic E-state index is -0.674. The summed E-state index contributed by atoms with van der Waals surface area (Å²) in [5, 5.41) is 24.1. The zero-order valence-electron chi connectivity index (χ0n) is 12.5. The van der Waals surface area contributed by atoms with Crippen LogP contribution in [0, 0.1) is 16.7 Å². The first-order chi connectivity index (χ1) is 8.16. The molecule has 3 nitrogen and oxygen atoms in total. The largest absolute Gasteiger partial charge is 0.391 e. The Bertz CT molecular complexity index is 326. The molecule has 106 valence electrons. The van der Waals surface area contributed by atoms with E-state index < -0.39 is 5.60 Å². The average Bonchev–Trinajstić information content (AvgIpc) is 2.59. The van der Waals surface area contributed by atoms with Crippen LogP contribution in [0.4, 0.5) is 0 Å². The average molecular weight is 255 g/mol. The van der Waals surface area contributed by atoms with Gasteiger partial charge in [-0.25, -0.2) is 0 Å². The summed E-state index contributed by atoms with van der Waals surface area (Å²) in [6, 6.07) is 0.136. The molecule has 2 rings (SSSR count). The molecule has 2 aliphatic carbocycles. The fraction of sp³-hybridized carbons (Fsp3) is 1.00. The van der Waals surface area contributed by atoms with Gasteiger partial charge < -0.3 is 15.5 Å². The third-order valence-corrected chi connectivity index (χ3v) is 6.28. The minimum Gasteiger partial charge on any atom is -0.391 e. The van der Waals surface area contributed by atoms with Crippen LogP contribution in [-0.2, 0) is 0 Å². The molecular weight excluding hydrogens is 226 g/mol. The van der Waals surface area contributed by atoms with Gasteiger partial charge in [-0.05, 0) is 37.5 Å². The topological polar surface area (TPSA) is 52.5 Å². The van der Waals surface area contributed by atoms with E-state index in [9.17, 15) is 10.2 Å². The molecule has 0 aliphatic heterocycles. The van der Waals surface area contributed by atoms with Gasteiger partial charge >= 0.3 is 0 Å². The Morgan fingerprint density at radius 1 is 1.33 bits per heavy atom. The maximum Gasteiger partial charge on any atom is 0.0754 e. The van der Waals surface area contributed by atoms with E-state index in [0.717, 1.165) is 12.8 Å². The predicted octanol–water partition coefficient (Wildman–Crippen LogP) is 1.92. The first-order valence-corrected chi connectivity index (χ1v) is 7.29. The van der Waals surface area contributed by atoms with E-state index in [1.165, 1.54) is 6.42 Å². The van der Waals surface area contributed by atoms with Gasteiger partial charge in [0.05, 0.1) is 11.7 Å². The molecule has 2 bridgehead atoms. The number of aliphatic hydroxyl groups is 2. The standard InChI is InChI=1S/C15H29NO2/c1-6-14(4,18)9-16-11-10-7-8-15(5,12(11)17)13(10,2)3/h10-12,16-18H,6-9H2,1-5H3/t10-,11+,12+,14+,15-/m0/s1. The van der Waals surface area contributed by atoms with E-state index in [2.05, 4.69) is 26.1 Å². The second-order valence-corrected chi connectivity index (χ2v) is 7.49. The lowest BCUT2D eigenvalue weighted by Gasteiger charge is -2.37. The van der Waals surface area contributed by atoms with Crippen LogP contribution in [0.15, 0.2) is 0 Å². The number of nitrogens with one attached hydrogen (secondary N) is 1. The molecule has 0 radical (unpaired) electrons. The summed E-state index contributed by atoms with van der Waals surface area (Å²) in [7, 11) is 0. The molecule has 5 atom stereocenters. The maximum atomic E-state index is 10.6. The van der Waals surface area contributed by atoms with Crippen LogP contribution in [0.1, 0.15) is 53.9 Å². The first-order valence-electron chi connectivity index (χ1n) is 7.29. The van der Waals surface area contributed by atoms with Crippen molar-refractivity contribution in [1.82, 2.24) is 5.32 Å². The highest BCUT2D eigenvalue weighted by molar-refractivity contribution is 5.17. The second-order valence-electron chi connectivity index (χ2n) is 7.49. The summed E-state index contributed by atoms with van der Waals surface area (Å²) in [6.07, 6.45) is 2.74. The Morgan fingerprint density at radius 3 is 2.39 bits per heavy atom. The predicted molar refractivity (Wildman–Crippen MR) is 73.3 cm³/mol. The molecule has 0 heterocycles. The molecule has 0 unspecified atom stereocenters. The van der Waals surface area contributed by atoms with E-state index in [-0.39, 0.29) is 23.0 Å². The molecule has 2 saturated carbocycles. The molecule has 2 aliphatic rings. The first kappa shape index (κ1) is 14.3. The molecule has 3 heteroatoms. The third-order valence-electron chi connectivity index (χ3n) is 6.28. The highest BCUT2D eigenvalue weighted by atomic mass is 16.3. The Hall–Kier alpha value is -0.120. The van der Waals surface area contributed by atoms with Gasteiger partial charge in [0, 0.05) is 18.0 Å². The van der Waals surface area contributed by atoms with Crippen LogP contribution >= 0.6 is 0 Å². The molecule has 0 amide bonds. The number of hydrogen-bond donors (Lipinski definition) is 3. The lowest BCUT2D eigenvalue weighted by atomic mass is 9.70. The Labute approximate surface area is 111 Å². The number of rotatable bonds is 4. The quantitative estimate of drug-likeness (QED) is 0.719. The van der Waals surface area contributed by atoms with Crippen molar-refractivity contribution < 1.29 is 10.2 Å². The SMILES string of the molecule is CC[C@@](C)(O)CN[C@H]1[C@@H](O)[C@]2(C)CC[C@@H]1C2(C)C. The van der Waals surface area contributed by atoms with Crippen molar-refractivity contribution in [2.24, 2.45) is 16.7 Å². The van der Waals surface area contributed by atoms with Gasteiger partial charge in [0.15, 0.2) is 0 Å². The van der Waals surface area contributed by atoms with E-state index in [1.54, 1.807) is 0 Å². The lowest BCUT2D eigenvalue weighted by Crippen LogP contribution is -2.51. The van der Waals surface area contributed by atoms with Crippen molar-refractivity contribution in [1.29, 1.82) is 0 Å². The summed E-state index contributed by atoms with van der Waals surface area (Å²) in [6.45, 7) is 11.2. The smallest absolute Gasteiger partial charge is 0.0754 e. The van der Waals surface area contributed by atoms with Crippen LogP contribution in [-0.4, -0.2) is 34.5 Å². The van der Waals surface area contributed by atoms with Gasteiger partial charge in [0.1, 0.15) is 0 Å². The molecule has 0 aromatic heterocycles. The Balaban J connectivity index is 2.09. The number of aliphatic hydroxyl groups excluding tert-OH is 1. The van der Waals surface area contributed by atoms with Crippen molar-refractivity contribution >= 4 is 0 Å². The van der Waals surface area contributed by atoms with Gasteiger partial charge in [0.2, 0.25) is 0 Å². The van der Waals surface area contributed by atoms with Crippen LogP contribution in [0.25, 0.3) is 0 Å². The molecule has 0 aromatic carbocycles. The molecule has 2 fully saturated rings. The van der Waals surface area contributed by atoms with Crippen molar-refractivity contribution in [2.45, 2.75) is 71.6 Å². The fourth-order valence-corrected chi connectivity index (χ4v) is 4.05. The molecule has 0 saturated heterocycles. The number of hydrogen-bond acceptors (Lipinski definition) is 3. The van der Waals surface area contributed by atoms with Crippen molar-refractivity contribution in [3.63, 3.8) is 0 Å². The highest BCUT2D eigenvalue weighted by Crippen LogP contribution is 2.65. The Kier molecular flexibility index (Phi) is 3.33. The van der Waals surface area contributed by atoms with E-state index in [4.69, 9.17) is 0 Å². The highest BCUT2D eigenvalue weighted by Gasteiger charge is 2.65. The summed E-state index contributed by atoms with van der Waals surface area (Å²) < 4.78 is 0. The van der Waals surface area contributed by atoms with Crippen LogP contribution in [0.2, 0.25) is 0 Å². The van der Waals surface area contributed by atoms with Crippen molar-refractivity contribution in [3.8, 4) is 0 Å². The zero-order valence-corrected chi connectivity index (χ0v) is 12.5. The molecule has 18 heavy (non-hydrogen) atoms. The zero-order chi connectivity index (χ0) is 13.8. The van der Waals surface area contributed by atoms with Crippen LogP contribution in [0.5, 0.6) is 0 Å². The molecule has 0 aromatic rings. The number of fused-ring (bicyclic) bond motifs is 2. The van der Waals surface area contributed by atoms with Crippen LogP contribution < -0.4 is 5.32 Å². The normalized spacial score (nSPS) is 45.2. The van der Waals surface area contributed by atoms with Gasteiger partial charge in [-0.15, -0.1) is 0 Å². The summed E-state index contributed by atoms with van der Waals surface area (Å²) >= 11 is 0. The van der Waals surface area contributed by atoms with Crippen molar-refractivity contribution in [2.75, 3.05) is 6.54 Å². The van der Waals surface area contributed by atoms with Gasteiger partial charge in [-0.2, -0.15) is 0 Å². The summed E-state index contributed by atoms with van der Waals surface area (Å²) in [4.78, 5) is 0. The monoisotopic (exact) mass is 255 g/mol. The minimum absolute atomic E-state index is 0.0212. The lowest BCUT2D eigenvalue weighted by molar-refractivity contribution is -0.00750. The molecular formula is C15H29NO2. The summed E-state index contributed by atoms with van der Waals surface area (Å²) in [5.41, 5.74) is -0.470.